The van der Waals surface area contributed by atoms with Gasteiger partial charge in [-0.1, -0.05) is 6.07 Å². The first-order chi connectivity index (χ1) is 15.5. The van der Waals surface area contributed by atoms with Gasteiger partial charge in [0.25, 0.3) is 0 Å². The van der Waals surface area contributed by atoms with Crippen LogP contribution in [-0.4, -0.2) is 36.4 Å². The van der Waals surface area contributed by atoms with Gasteiger partial charge in [0.1, 0.15) is 17.3 Å². The Balaban J connectivity index is 1.37. The van der Waals surface area contributed by atoms with E-state index in [4.69, 9.17) is 19.7 Å². The summed E-state index contributed by atoms with van der Waals surface area (Å²) in [5.41, 5.74) is 1.54. The molecule has 168 valence electrons. The Labute approximate surface area is 186 Å². The fraction of sp³-hybridized carbons (Fsp3) is 0.364. The predicted octanol–water partition coefficient (Wildman–Crippen LogP) is 3.69. The van der Waals surface area contributed by atoms with Gasteiger partial charge >= 0.3 is 0 Å². The van der Waals surface area contributed by atoms with E-state index in [9.17, 15) is 8.42 Å². The molecule has 0 radical (unpaired) electrons. The molecule has 0 amide bonds. The number of nitrogens with zero attached hydrogens (tertiary/aromatic N) is 3. The summed E-state index contributed by atoms with van der Waals surface area (Å²) in [7, 11) is -3.78. The molecule has 1 aromatic carbocycles. The van der Waals surface area contributed by atoms with Gasteiger partial charge in [0, 0.05) is 37.1 Å². The van der Waals surface area contributed by atoms with E-state index >= 15 is 0 Å². The number of aromatic nitrogens is 3. The number of ether oxygens (including phenoxy) is 2. The molecule has 32 heavy (non-hydrogen) atoms. The molecule has 1 saturated carbocycles. The largest absolute Gasteiger partial charge is 0.454 e. The third kappa shape index (κ3) is 4.77. The molecular weight excluding hydrogens is 430 g/mol. The molecule has 3 aromatic rings. The summed E-state index contributed by atoms with van der Waals surface area (Å²) in [5.74, 6) is 2.22. The minimum atomic E-state index is -3.78. The van der Waals surface area contributed by atoms with Crippen LogP contribution in [0.3, 0.4) is 0 Å². The van der Waals surface area contributed by atoms with Crippen molar-refractivity contribution in [2.75, 3.05) is 18.5 Å². The van der Waals surface area contributed by atoms with Crippen LogP contribution >= 0.6 is 0 Å². The number of nitrogens with two attached hydrogens (primary N) is 1. The Morgan fingerprint density at radius 1 is 1.12 bits per heavy atom. The van der Waals surface area contributed by atoms with Crippen molar-refractivity contribution in [3.05, 3.63) is 54.5 Å². The third-order valence-corrected chi connectivity index (χ3v) is 6.56. The molecule has 2 aromatic heterocycles. The van der Waals surface area contributed by atoms with Gasteiger partial charge in [-0.25, -0.2) is 18.5 Å². The van der Waals surface area contributed by atoms with E-state index in [0.29, 0.717) is 29.2 Å². The Hall–Kier alpha value is -2.95. The molecule has 1 saturated heterocycles. The highest BCUT2D eigenvalue weighted by atomic mass is 32.2. The van der Waals surface area contributed by atoms with Crippen LogP contribution in [0, 0.1) is 0 Å². The van der Waals surface area contributed by atoms with Crippen molar-refractivity contribution in [2.45, 2.75) is 42.5 Å². The maximum Gasteiger partial charge on any atom is 0.238 e. The van der Waals surface area contributed by atoms with Crippen LogP contribution in [0.15, 0.2) is 53.7 Å². The third-order valence-electron chi connectivity index (χ3n) is 5.65. The lowest BCUT2D eigenvalue weighted by Crippen LogP contribution is -2.15. The summed E-state index contributed by atoms with van der Waals surface area (Å²) < 4.78 is 37.0. The van der Waals surface area contributed by atoms with Crippen molar-refractivity contribution in [3.8, 4) is 11.5 Å². The average molecular weight is 456 g/mol. The molecule has 3 heterocycles. The average Bonchev–Trinajstić information content (AvgIpc) is 3.55. The molecule has 0 atom stereocenters. The fourth-order valence-corrected chi connectivity index (χ4v) is 4.38. The van der Waals surface area contributed by atoms with Crippen molar-refractivity contribution in [1.29, 1.82) is 0 Å². The SMILES string of the molecule is NS(=O)(=O)c1cccc(Nc2cc(Oc3cn(C4CC4)nc3C3CCOCC3)ccn2)c1. The highest BCUT2D eigenvalue weighted by molar-refractivity contribution is 7.89. The molecule has 1 aliphatic carbocycles. The molecule has 0 spiro atoms. The van der Waals surface area contributed by atoms with Crippen molar-refractivity contribution in [1.82, 2.24) is 14.8 Å². The minimum Gasteiger partial charge on any atom is -0.454 e. The van der Waals surface area contributed by atoms with Crippen LogP contribution in [0.1, 0.15) is 43.3 Å². The summed E-state index contributed by atoms with van der Waals surface area (Å²) in [6.07, 6.45) is 7.79. The molecular formula is C22H25N5O4S. The number of rotatable bonds is 7. The van der Waals surface area contributed by atoms with Crippen molar-refractivity contribution in [2.24, 2.45) is 5.14 Å². The summed E-state index contributed by atoms with van der Waals surface area (Å²) in [6.45, 7) is 1.47. The number of pyridine rings is 1. The van der Waals surface area contributed by atoms with Gasteiger partial charge in [0.15, 0.2) is 5.75 Å². The van der Waals surface area contributed by atoms with E-state index in [1.54, 1.807) is 30.5 Å². The smallest absolute Gasteiger partial charge is 0.238 e. The maximum atomic E-state index is 11.6. The number of hydrogen-bond acceptors (Lipinski definition) is 7. The number of primary sulfonamides is 1. The van der Waals surface area contributed by atoms with Crippen LogP contribution in [0.25, 0.3) is 0 Å². The highest BCUT2D eigenvalue weighted by Crippen LogP contribution is 2.40. The second-order valence-corrected chi connectivity index (χ2v) is 9.71. The summed E-state index contributed by atoms with van der Waals surface area (Å²) >= 11 is 0. The Kier molecular flexibility index (Phi) is 5.58. The van der Waals surface area contributed by atoms with E-state index in [2.05, 4.69) is 10.3 Å². The summed E-state index contributed by atoms with van der Waals surface area (Å²) in [6, 6.07) is 10.3. The van der Waals surface area contributed by atoms with Gasteiger partial charge in [0.05, 0.1) is 17.1 Å². The van der Waals surface area contributed by atoms with E-state index in [1.807, 2.05) is 10.9 Å². The molecule has 9 nitrogen and oxygen atoms in total. The summed E-state index contributed by atoms with van der Waals surface area (Å²) in [4.78, 5) is 4.35. The quantitative estimate of drug-likeness (QED) is 0.557. The van der Waals surface area contributed by atoms with E-state index < -0.39 is 10.0 Å². The maximum absolute atomic E-state index is 11.6. The topological polar surface area (TPSA) is 121 Å². The van der Waals surface area contributed by atoms with Crippen LogP contribution in [0.4, 0.5) is 11.5 Å². The summed E-state index contributed by atoms with van der Waals surface area (Å²) in [5, 5.41) is 13.2. The van der Waals surface area contributed by atoms with Crippen molar-refractivity contribution >= 4 is 21.5 Å². The zero-order valence-corrected chi connectivity index (χ0v) is 18.3. The minimum absolute atomic E-state index is 0.0310. The predicted molar refractivity (Wildman–Crippen MR) is 119 cm³/mol. The van der Waals surface area contributed by atoms with Gasteiger partial charge < -0.3 is 14.8 Å². The first kappa shape index (κ1) is 20.9. The number of benzene rings is 1. The number of nitrogens with one attached hydrogen (secondary N) is 1. The molecule has 0 bridgehead atoms. The standard InChI is InChI=1S/C22H25N5O4S/c23-32(28,29)19-3-1-2-16(12-19)25-21-13-18(6-9-24-21)31-20-14-27(17-4-5-17)26-22(20)15-7-10-30-11-8-15/h1-3,6,9,12-15,17H,4-5,7-8,10-11H2,(H,24,25)(H2,23,28,29). The second kappa shape index (κ2) is 8.53. The number of hydrogen-bond donors (Lipinski definition) is 2. The van der Waals surface area contributed by atoms with Gasteiger partial charge in [-0.05, 0) is 49.9 Å². The van der Waals surface area contributed by atoms with Crippen LogP contribution in [0.2, 0.25) is 0 Å². The lowest BCUT2D eigenvalue weighted by atomic mass is 9.96. The van der Waals surface area contributed by atoms with Crippen molar-refractivity contribution < 1.29 is 17.9 Å². The van der Waals surface area contributed by atoms with Crippen LogP contribution in [-0.2, 0) is 14.8 Å². The van der Waals surface area contributed by atoms with Gasteiger partial charge in [0.2, 0.25) is 10.0 Å². The monoisotopic (exact) mass is 455 g/mol. The number of anilines is 2. The molecule has 0 unspecified atom stereocenters. The lowest BCUT2D eigenvalue weighted by Gasteiger charge is -2.21. The van der Waals surface area contributed by atoms with E-state index in [1.165, 1.54) is 12.1 Å². The van der Waals surface area contributed by atoms with Gasteiger partial charge in [-0.2, -0.15) is 5.10 Å². The first-order valence-corrected chi connectivity index (χ1v) is 12.2. The van der Waals surface area contributed by atoms with Crippen molar-refractivity contribution in [3.63, 3.8) is 0 Å². The lowest BCUT2D eigenvalue weighted by molar-refractivity contribution is 0.0839. The fourth-order valence-electron chi connectivity index (χ4n) is 3.82. The molecule has 2 fully saturated rings. The Morgan fingerprint density at radius 2 is 1.94 bits per heavy atom. The zero-order valence-electron chi connectivity index (χ0n) is 17.5. The van der Waals surface area contributed by atoms with Crippen LogP contribution in [0.5, 0.6) is 11.5 Å². The molecule has 5 rings (SSSR count). The second-order valence-electron chi connectivity index (χ2n) is 8.15. The molecule has 1 aliphatic heterocycles. The van der Waals surface area contributed by atoms with E-state index in [-0.39, 0.29) is 4.90 Å². The number of sulfonamides is 1. The molecule has 3 N–H and O–H groups in total. The normalized spacial score (nSPS) is 17.3. The molecule has 10 heteroatoms. The Morgan fingerprint density at radius 3 is 2.69 bits per heavy atom. The Bertz CT molecular complexity index is 1220. The zero-order chi connectivity index (χ0) is 22.1. The van der Waals surface area contributed by atoms with Crippen LogP contribution < -0.4 is 15.2 Å². The van der Waals surface area contributed by atoms with Gasteiger partial charge in [-0.15, -0.1) is 0 Å². The first-order valence-electron chi connectivity index (χ1n) is 10.7. The molecule has 2 aliphatic rings. The highest BCUT2D eigenvalue weighted by Gasteiger charge is 2.29. The van der Waals surface area contributed by atoms with Gasteiger partial charge in [-0.3, -0.25) is 4.68 Å². The van der Waals surface area contributed by atoms with E-state index in [0.717, 1.165) is 50.3 Å².